The Balaban J connectivity index is 2.20. The van der Waals surface area contributed by atoms with Crippen molar-refractivity contribution in [2.45, 2.75) is 52.2 Å². The molecule has 1 aliphatic rings. The molecule has 2 nitrogen and oxygen atoms in total. The Kier molecular flexibility index (Phi) is 5.11. The van der Waals surface area contributed by atoms with Crippen molar-refractivity contribution in [3.8, 4) is 0 Å². The van der Waals surface area contributed by atoms with Crippen LogP contribution in [-0.4, -0.2) is 24.8 Å². The predicted octanol–water partition coefficient (Wildman–Crippen LogP) is 4.31. The maximum Gasteiger partial charge on any atom is 0.127 e. The minimum absolute atomic E-state index is 0.0397. The van der Waals surface area contributed by atoms with Crippen molar-refractivity contribution < 1.29 is 9.13 Å². The Labute approximate surface area is 135 Å². The van der Waals surface area contributed by atoms with Gasteiger partial charge in [0.15, 0.2) is 0 Å². The van der Waals surface area contributed by atoms with E-state index in [2.05, 4.69) is 48.9 Å². The lowest BCUT2D eigenvalue weighted by atomic mass is 9.75. The van der Waals surface area contributed by atoms with Gasteiger partial charge in [0.25, 0.3) is 0 Å². The Morgan fingerprint density at radius 3 is 2.67 bits per heavy atom. The topological polar surface area (TPSA) is 21.3 Å². The van der Waals surface area contributed by atoms with E-state index < -0.39 is 0 Å². The second kappa shape index (κ2) is 6.35. The van der Waals surface area contributed by atoms with Gasteiger partial charge in [-0.15, -0.1) is 0 Å². The highest BCUT2D eigenvalue weighted by Crippen LogP contribution is 2.39. The van der Waals surface area contributed by atoms with Gasteiger partial charge >= 0.3 is 0 Å². The Morgan fingerprint density at radius 1 is 1.43 bits per heavy atom. The quantitative estimate of drug-likeness (QED) is 0.866. The van der Waals surface area contributed by atoms with Crippen LogP contribution < -0.4 is 5.32 Å². The molecule has 4 heteroatoms. The van der Waals surface area contributed by atoms with Crippen LogP contribution in [0.15, 0.2) is 22.7 Å². The van der Waals surface area contributed by atoms with Gasteiger partial charge in [0.2, 0.25) is 0 Å². The molecule has 1 aliphatic heterocycles. The van der Waals surface area contributed by atoms with Gasteiger partial charge in [-0.2, -0.15) is 0 Å². The first-order valence-corrected chi connectivity index (χ1v) is 8.32. The van der Waals surface area contributed by atoms with Crippen LogP contribution in [0.4, 0.5) is 4.39 Å². The summed E-state index contributed by atoms with van der Waals surface area (Å²) in [6, 6.07) is 5.33. The van der Waals surface area contributed by atoms with Crippen molar-refractivity contribution in [2.75, 3.05) is 13.2 Å². The lowest BCUT2D eigenvalue weighted by Crippen LogP contribution is -2.47. The third kappa shape index (κ3) is 4.27. The molecular weight excluding hydrogens is 333 g/mol. The summed E-state index contributed by atoms with van der Waals surface area (Å²) in [5.41, 5.74) is 0.779. The molecule has 1 saturated heterocycles. The third-order valence-electron chi connectivity index (χ3n) is 4.36. The first-order chi connectivity index (χ1) is 9.72. The van der Waals surface area contributed by atoms with Gasteiger partial charge in [0, 0.05) is 28.6 Å². The molecule has 2 atom stereocenters. The lowest BCUT2D eigenvalue weighted by molar-refractivity contribution is 0.0594. The van der Waals surface area contributed by atoms with E-state index in [0.717, 1.165) is 29.6 Å². The van der Waals surface area contributed by atoms with E-state index in [9.17, 15) is 4.39 Å². The van der Waals surface area contributed by atoms with E-state index >= 15 is 0 Å². The van der Waals surface area contributed by atoms with Gasteiger partial charge in [0.05, 0.1) is 6.10 Å². The fourth-order valence-corrected chi connectivity index (χ4v) is 3.16. The summed E-state index contributed by atoms with van der Waals surface area (Å²) in [6.45, 7) is 10.2. The fourth-order valence-electron chi connectivity index (χ4n) is 2.83. The van der Waals surface area contributed by atoms with Crippen LogP contribution in [0, 0.1) is 11.2 Å². The Morgan fingerprint density at radius 2 is 2.14 bits per heavy atom. The van der Waals surface area contributed by atoms with Crippen LogP contribution in [0.2, 0.25) is 0 Å². The van der Waals surface area contributed by atoms with Crippen molar-refractivity contribution in [3.63, 3.8) is 0 Å². The molecule has 0 amide bonds. The number of nitrogens with one attached hydrogen (secondary N) is 1. The van der Waals surface area contributed by atoms with E-state index in [0.29, 0.717) is 6.42 Å². The molecule has 0 radical (unpaired) electrons. The molecule has 118 valence electrons. The number of benzene rings is 1. The van der Waals surface area contributed by atoms with E-state index in [4.69, 9.17) is 4.74 Å². The van der Waals surface area contributed by atoms with Gasteiger partial charge in [-0.3, -0.25) is 0 Å². The van der Waals surface area contributed by atoms with Gasteiger partial charge in [-0.25, -0.2) is 4.39 Å². The molecule has 1 aromatic carbocycles. The maximum absolute atomic E-state index is 14.2. The molecule has 2 unspecified atom stereocenters. The lowest BCUT2D eigenvalue weighted by Gasteiger charge is -2.36. The number of rotatable bonds is 4. The molecule has 0 aliphatic carbocycles. The maximum atomic E-state index is 14.2. The first-order valence-electron chi connectivity index (χ1n) is 7.52. The third-order valence-corrected chi connectivity index (χ3v) is 4.85. The van der Waals surface area contributed by atoms with Crippen LogP contribution in [0.3, 0.4) is 0 Å². The molecule has 0 aromatic heterocycles. The molecule has 0 saturated carbocycles. The van der Waals surface area contributed by atoms with E-state index in [1.807, 2.05) is 12.1 Å². The van der Waals surface area contributed by atoms with Crippen molar-refractivity contribution in [3.05, 3.63) is 34.1 Å². The van der Waals surface area contributed by atoms with E-state index in [-0.39, 0.29) is 22.9 Å². The Bertz CT molecular complexity index is 500. The minimum atomic E-state index is -0.140. The molecular formula is C17H25BrFNO. The monoisotopic (exact) mass is 357 g/mol. The number of ether oxygens (including phenoxy) is 1. The van der Waals surface area contributed by atoms with Gasteiger partial charge < -0.3 is 10.1 Å². The molecule has 0 bridgehead atoms. The van der Waals surface area contributed by atoms with E-state index in [1.165, 1.54) is 0 Å². The summed E-state index contributed by atoms with van der Waals surface area (Å²) in [7, 11) is 0. The van der Waals surface area contributed by atoms with Crippen molar-refractivity contribution in [1.29, 1.82) is 0 Å². The summed E-state index contributed by atoms with van der Waals surface area (Å²) in [5, 5.41) is 3.57. The molecule has 21 heavy (non-hydrogen) atoms. The minimum Gasteiger partial charge on any atom is -0.378 e. The average molecular weight is 358 g/mol. The van der Waals surface area contributed by atoms with Crippen LogP contribution >= 0.6 is 15.9 Å². The van der Waals surface area contributed by atoms with E-state index in [1.54, 1.807) is 6.07 Å². The molecule has 1 heterocycles. The number of hydrogen-bond acceptors (Lipinski definition) is 2. The highest BCUT2D eigenvalue weighted by molar-refractivity contribution is 9.10. The molecule has 2 rings (SSSR count). The summed E-state index contributed by atoms with van der Waals surface area (Å²) < 4.78 is 20.8. The zero-order valence-corrected chi connectivity index (χ0v) is 14.9. The molecule has 0 spiro atoms. The highest BCUT2D eigenvalue weighted by Gasteiger charge is 2.42. The second-order valence-corrected chi connectivity index (χ2v) is 8.06. The molecule has 1 N–H and O–H groups in total. The average Bonchev–Trinajstić information content (AvgIpc) is 2.72. The molecule has 1 fully saturated rings. The largest absolute Gasteiger partial charge is 0.378 e. The zero-order valence-electron chi connectivity index (χ0n) is 13.3. The van der Waals surface area contributed by atoms with Crippen LogP contribution in [0.25, 0.3) is 0 Å². The molecule has 1 aromatic rings. The highest BCUT2D eigenvalue weighted by atomic mass is 79.9. The first kappa shape index (κ1) is 16.9. The van der Waals surface area contributed by atoms with Gasteiger partial charge in [-0.05, 0) is 58.2 Å². The number of halogens is 2. The summed E-state index contributed by atoms with van der Waals surface area (Å²) in [5.74, 6) is -0.140. The van der Waals surface area contributed by atoms with Crippen molar-refractivity contribution in [1.82, 2.24) is 5.32 Å². The summed E-state index contributed by atoms with van der Waals surface area (Å²) in [6.07, 6.45) is 1.80. The normalized spacial score (nSPS) is 26.3. The van der Waals surface area contributed by atoms with Gasteiger partial charge in [0.1, 0.15) is 5.82 Å². The summed E-state index contributed by atoms with van der Waals surface area (Å²) in [4.78, 5) is 0. The number of hydrogen-bond donors (Lipinski definition) is 1. The van der Waals surface area contributed by atoms with Gasteiger partial charge in [-0.1, -0.05) is 22.0 Å². The van der Waals surface area contributed by atoms with Crippen LogP contribution in [0.5, 0.6) is 0 Å². The van der Waals surface area contributed by atoms with Crippen molar-refractivity contribution >= 4 is 15.9 Å². The smallest absolute Gasteiger partial charge is 0.127 e. The Hall–Kier alpha value is -0.450. The zero-order chi connectivity index (χ0) is 15.7. The van der Waals surface area contributed by atoms with Crippen LogP contribution in [-0.2, 0) is 11.2 Å². The predicted molar refractivity (Wildman–Crippen MR) is 88.0 cm³/mol. The van der Waals surface area contributed by atoms with Crippen molar-refractivity contribution in [2.24, 2.45) is 5.41 Å². The second-order valence-electron chi connectivity index (χ2n) is 7.14. The van der Waals surface area contributed by atoms with Crippen LogP contribution in [0.1, 0.15) is 39.7 Å². The standard InChI is InChI=1S/C17H25BrFNO/c1-12-17(7-8-21-12,11-20-16(2,3)4)10-13-5-6-14(18)9-15(13)19/h5-6,9,12,20H,7-8,10-11H2,1-4H3. The summed E-state index contributed by atoms with van der Waals surface area (Å²) >= 11 is 3.31. The SMILES string of the molecule is CC1OCCC1(CNC(C)(C)C)Cc1ccc(Br)cc1F. The fraction of sp³-hybridized carbons (Fsp3) is 0.647.